The van der Waals surface area contributed by atoms with Crippen molar-refractivity contribution in [3.63, 3.8) is 0 Å². The number of hydrogen-bond acceptors (Lipinski definition) is 3. The second-order valence-electron chi connectivity index (χ2n) is 3.71. The molecule has 2 aromatic rings. The zero-order valence-electron chi connectivity index (χ0n) is 9.73. The molecule has 1 heterocycles. The first-order valence-corrected chi connectivity index (χ1v) is 6.45. The number of hydrogen-bond donors (Lipinski definition) is 1. The summed E-state index contributed by atoms with van der Waals surface area (Å²) in [5.74, 6) is 0. The van der Waals surface area contributed by atoms with Crippen molar-refractivity contribution in [1.29, 1.82) is 5.26 Å². The van der Waals surface area contributed by atoms with Crippen molar-refractivity contribution >= 4 is 11.3 Å². The van der Waals surface area contributed by atoms with Gasteiger partial charge in [0.2, 0.25) is 0 Å². The van der Waals surface area contributed by atoms with Crippen LogP contribution in [0, 0.1) is 11.3 Å². The van der Waals surface area contributed by atoms with E-state index in [-0.39, 0.29) is 0 Å². The quantitative estimate of drug-likeness (QED) is 0.892. The lowest BCUT2D eigenvalue weighted by atomic mass is 10.1. The Kier molecular flexibility index (Phi) is 3.92. The maximum atomic E-state index is 8.86. The van der Waals surface area contributed by atoms with Crippen LogP contribution in [0.4, 0.5) is 0 Å². The standard InChI is InChI=1S/C14H14N2S/c1-2-16-10-11-5-3-4-6-13(11)14-8-7-12(9-15)17-14/h3-8,16H,2,10H2,1H3. The minimum atomic E-state index is 0.762. The van der Waals surface area contributed by atoms with Crippen LogP contribution in [0.3, 0.4) is 0 Å². The Labute approximate surface area is 106 Å². The fourth-order valence-corrected chi connectivity index (χ4v) is 2.58. The van der Waals surface area contributed by atoms with E-state index < -0.39 is 0 Å². The lowest BCUT2D eigenvalue weighted by Gasteiger charge is -2.07. The van der Waals surface area contributed by atoms with Gasteiger partial charge in [-0.05, 0) is 29.8 Å². The summed E-state index contributed by atoms with van der Waals surface area (Å²) in [4.78, 5) is 1.92. The van der Waals surface area contributed by atoms with E-state index >= 15 is 0 Å². The van der Waals surface area contributed by atoms with E-state index in [2.05, 4.69) is 36.5 Å². The summed E-state index contributed by atoms with van der Waals surface area (Å²) < 4.78 is 0. The van der Waals surface area contributed by atoms with E-state index in [1.165, 1.54) is 11.1 Å². The van der Waals surface area contributed by atoms with E-state index in [1.54, 1.807) is 11.3 Å². The predicted molar refractivity (Wildman–Crippen MR) is 71.9 cm³/mol. The topological polar surface area (TPSA) is 35.8 Å². The van der Waals surface area contributed by atoms with Crippen LogP contribution in [0.2, 0.25) is 0 Å². The van der Waals surface area contributed by atoms with Gasteiger partial charge in [-0.25, -0.2) is 0 Å². The molecule has 17 heavy (non-hydrogen) atoms. The molecule has 1 aromatic heterocycles. The Morgan fingerprint density at radius 2 is 2.06 bits per heavy atom. The largest absolute Gasteiger partial charge is 0.313 e. The molecule has 0 amide bonds. The Balaban J connectivity index is 2.34. The van der Waals surface area contributed by atoms with Gasteiger partial charge < -0.3 is 5.32 Å². The van der Waals surface area contributed by atoms with Crippen molar-refractivity contribution in [2.45, 2.75) is 13.5 Å². The molecule has 0 atom stereocenters. The number of thiophene rings is 1. The zero-order valence-corrected chi connectivity index (χ0v) is 10.6. The average Bonchev–Trinajstić information content (AvgIpc) is 2.85. The van der Waals surface area contributed by atoms with Gasteiger partial charge in [-0.1, -0.05) is 31.2 Å². The van der Waals surface area contributed by atoms with Crippen LogP contribution in [-0.2, 0) is 6.54 Å². The number of nitrogens with zero attached hydrogens (tertiary/aromatic N) is 1. The average molecular weight is 242 g/mol. The van der Waals surface area contributed by atoms with E-state index in [1.807, 2.05) is 18.2 Å². The Morgan fingerprint density at radius 3 is 2.76 bits per heavy atom. The van der Waals surface area contributed by atoms with Gasteiger partial charge in [0, 0.05) is 11.4 Å². The summed E-state index contributed by atoms with van der Waals surface area (Å²) in [6.45, 7) is 3.93. The first kappa shape index (κ1) is 11.8. The molecule has 3 heteroatoms. The van der Waals surface area contributed by atoms with E-state index in [0.717, 1.165) is 22.8 Å². The second kappa shape index (κ2) is 5.62. The van der Waals surface area contributed by atoms with Gasteiger partial charge in [0.15, 0.2) is 0 Å². The van der Waals surface area contributed by atoms with Gasteiger partial charge in [0.1, 0.15) is 10.9 Å². The van der Waals surface area contributed by atoms with Crippen LogP contribution in [0.15, 0.2) is 36.4 Å². The molecule has 0 aliphatic rings. The van der Waals surface area contributed by atoms with Gasteiger partial charge in [-0.3, -0.25) is 0 Å². The third-order valence-electron chi connectivity index (χ3n) is 2.56. The number of rotatable bonds is 4. The van der Waals surface area contributed by atoms with Crippen molar-refractivity contribution in [2.24, 2.45) is 0 Å². The fourth-order valence-electron chi connectivity index (χ4n) is 1.72. The molecule has 0 aliphatic heterocycles. The number of nitriles is 1. The van der Waals surface area contributed by atoms with Crippen molar-refractivity contribution < 1.29 is 0 Å². The molecule has 0 unspecified atom stereocenters. The minimum Gasteiger partial charge on any atom is -0.313 e. The summed E-state index contributed by atoms with van der Waals surface area (Å²) >= 11 is 1.54. The molecule has 0 fully saturated rings. The molecule has 1 aromatic carbocycles. The Bertz CT molecular complexity index is 537. The fraction of sp³-hybridized carbons (Fsp3) is 0.214. The van der Waals surface area contributed by atoms with Gasteiger partial charge in [-0.15, -0.1) is 11.3 Å². The van der Waals surface area contributed by atoms with E-state index in [4.69, 9.17) is 5.26 Å². The predicted octanol–water partition coefficient (Wildman–Crippen LogP) is 3.40. The molecule has 1 N–H and O–H groups in total. The van der Waals surface area contributed by atoms with Crippen molar-refractivity contribution in [1.82, 2.24) is 5.32 Å². The summed E-state index contributed by atoms with van der Waals surface area (Å²) in [6.07, 6.45) is 0. The zero-order chi connectivity index (χ0) is 12.1. The van der Waals surface area contributed by atoms with Gasteiger partial charge >= 0.3 is 0 Å². The molecule has 0 saturated carbocycles. The van der Waals surface area contributed by atoms with Crippen LogP contribution in [0.5, 0.6) is 0 Å². The molecular weight excluding hydrogens is 228 g/mol. The maximum absolute atomic E-state index is 8.86. The molecule has 0 bridgehead atoms. The first-order chi connectivity index (χ1) is 8.35. The van der Waals surface area contributed by atoms with E-state index in [0.29, 0.717) is 0 Å². The Morgan fingerprint density at radius 1 is 1.24 bits per heavy atom. The minimum absolute atomic E-state index is 0.762. The van der Waals surface area contributed by atoms with Crippen LogP contribution in [0.1, 0.15) is 17.4 Å². The molecule has 2 nitrogen and oxygen atoms in total. The first-order valence-electron chi connectivity index (χ1n) is 5.64. The number of nitrogens with one attached hydrogen (secondary N) is 1. The monoisotopic (exact) mass is 242 g/mol. The van der Waals surface area contributed by atoms with Gasteiger partial charge in [-0.2, -0.15) is 5.26 Å². The summed E-state index contributed by atoms with van der Waals surface area (Å²) in [6, 6.07) is 14.4. The summed E-state index contributed by atoms with van der Waals surface area (Å²) in [7, 11) is 0. The molecule has 0 saturated heterocycles. The van der Waals surface area contributed by atoms with Crippen molar-refractivity contribution in [3.05, 3.63) is 46.8 Å². The highest BCUT2D eigenvalue weighted by molar-refractivity contribution is 7.16. The third kappa shape index (κ3) is 2.73. The van der Waals surface area contributed by atoms with Gasteiger partial charge in [0.05, 0.1) is 0 Å². The SMILES string of the molecule is CCNCc1ccccc1-c1ccc(C#N)s1. The molecule has 0 aliphatic carbocycles. The second-order valence-corrected chi connectivity index (χ2v) is 4.80. The lowest BCUT2D eigenvalue weighted by Crippen LogP contribution is -2.12. The van der Waals surface area contributed by atoms with E-state index in [9.17, 15) is 0 Å². The highest BCUT2D eigenvalue weighted by atomic mass is 32.1. The summed E-state index contributed by atoms with van der Waals surface area (Å²) in [5.41, 5.74) is 2.50. The molecule has 2 rings (SSSR count). The normalized spacial score (nSPS) is 10.1. The molecule has 0 spiro atoms. The van der Waals surface area contributed by atoms with Crippen LogP contribution >= 0.6 is 11.3 Å². The molecule has 0 radical (unpaired) electrons. The summed E-state index contributed by atoms with van der Waals surface area (Å²) in [5, 5.41) is 12.2. The van der Waals surface area contributed by atoms with Crippen LogP contribution in [-0.4, -0.2) is 6.54 Å². The van der Waals surface area contributed by atoms with Crippen molar-refractivity contribution in [3.8, 4) is 16.5 Å². The van der Waals surface area contributed by atoms with Gasteiger partial charge in [0.25, 0.3) is 0 Å². The molecular formula is C14H14N2S. The lowest BCUT2D eigenvalue weighted by molar-refractivity contribution is 0.728. The maximum Gasteiger partial charge on any atom is 0.110 e. The highest BCUT2D eigenvalue weighted by Gasteiger charge is 2.06. The van der Waals surface area contributed by atoms with Crippen LogP contribution in [0.25, 0.3) is 10.4 Å². The van der Waals surface area contributed by atoms with Crippen molar-refractivity contribution in [2.75, 3.05) is 6.54 Å². The molecule has 86 valence electrons. The highest BCUT2D eigenvalue weighted by Crippen LogP contribution is 2.30. The smallest absolute Gasteiger partial charge is 0.110 e. The van der Waals surface area contributed by atoms with Crippen LogP contribution < -0.4 is 5.32 Å². The third-order valence-corrected chi connectivity index (χ3v) is 3.59. The number of benzene rings is 1. The Hall–Kier alpha value is -1.63.